The first-order valence-corrected chi connectivity index (χ1v) is 6.08. The SMILES string of the molecule is CNc1cnccc1C(=O)NCCSC. The van der Waals surface area contributed by atoms with Gasteiger partial charge in [0.25, 0.3) is 5.91 Å². The Morgan fingerprint density at radius 1 is 1.60 bits per heavy atom. The molecule has 82 valence electrons. The quantitative estimate of drug-likeness (QED) is 0.740. The Labute approximate surface area is 93.9 Å². The van der Waals surface area contributed by atoms with Crippen LogP contribution in [0.25, 0.3) is 0 Å². The highest BCUT2D eigenvalue weighted by atomic mass is 32.2. The van der Waals surface area contributed by atoms with Crippen LogP contribution in [0.3, 0.4) is 0 Å². The van der Waals surface area contributed by atoms with Crippen molar-refractivity contribution in [2.24, 2.45) is 0 Å². The number of nitrogens with zero attached hydrogens (tertiary/aromatic N) is 1. The van der Waals surface area contributed by atoms with Crippen LogP contribution < -0.4 is 10.6 Å². The van der Waals surface area contributed by atoms with Crippen molar-refractivity contribution in [1.82, 2.24) is 10.3 Å². The highest BCUT2D eigenvalue weighted by molar-refractivity contribution is 7.98. The number of rotatable bonds is 5. The lowest BCUT2D eigenvalue weighted by Gasteiger charge is -2.08. The van der Waals surface area contributed by atoms with Crippen molar-refractivity contribution in [2.45, 2.75) is 0 Å². The molecule has 1 heterocycles. The van der Waals surface area contributed by atoms with Crippen molar-refractivity contribution in [1.29, 1.82) is 0 Å². The van der Waals surface area contributed by atoms with Gasteiger partial charge in [-0.25, -0.2) is 0 Å². The molecule has 0 aliphatic rings. The largest absolute Gasteiger partial charge is 0.386 e. The van der Waals surface area contributed by atoms with E-state index in [1.165, 1.54) is 0 Å². The summed E-state index contributed by atoms with van der Waals surface area (Å²) in [6.07, 6.45) is 5.27. The fourth-order valence-electron chi connectivity index (χ4n) is 1.15. The lowest BCUT2D eigenvalue weighted by molar-refractivity contribution is 0.0957. The summed E-state index contributed by atoms with van der Waals surface area (Å²) in [6, 6.07) is 1.71. The predicted octanol–water partition coefficient (Wildman–Crippen LogP) is 1.22. The molecule has 0 saturated carbocycles. The third-order valence-corrected chi connectivity index (χ3v) is 2.54. The zero-order valence-corrected chi connectivity index (χ0v) is 9.73. The van der Waals surface area contributed by atoms with Crippen LogP contribution in [0.1, 0.15) is 10.4 Å². The first kappa shape index (κ1) is 11.8. The Morgan fingerprint density at radius 3 is 3.07 bits per heavy atom. The summed E-state index contributed by atoms with van der Waals surface area (Å²) in [5.74, 6) is 0.863. The maximum absolute atomic E-state index is 11.7. The van der Waals surface area contributed by atoms with Crippen LogP contribution in [-0.4, -0.2) is 36.5 Å². The normalized spacial score (nSPS) is 9.73. The van der Waals surface area contributed by atoms with E-state index in [1.807, 2.05) is 6.26 Å². The summed E-state index contributed by atoms with van der Waals surface area (Å²) >= 11 is 1.71. The third kappa shape index (κ3) is 3.43. The fourth-order valence-corrected chi connectivity index (χ4v) is 1.46. The first-order chi connectivity index (χ1) is 7.29. The van der Waals surface area contributed by atoms with Gasteiger partial charge < -0.3 is 10.6 Å². The van der Waals surface area contributed by atoms with E-state index in [1.54, 1.807) is 37.3 Å². The molecule has 0 aromatic carbocycles. The minimum atomic E-state index is -0.0594. The van der Waals surface area contributed by atoms with Crippen LogP contribution in [0, 0.1) is 0 Å². The van der Waals surface area contributed by atoms with Crippen molar-refractivity contribution in [3.8, 4) is 0 Å². The molecule has 0 atom stereocenters. The number of aromatic nitrogens is 1. The van der Waals surface area contributed by atoms with Gasteiger partial charge in [0.2, 0.25) is 0 Å². The lowest BCUT2D eigenvalue weighted by atomic mass is 10.2. The van der Waals surface area contributed by atoms with Gasteiger partial charge in [-0.2, -0.15) is 11.8 Å². The molecular weight excluding hydrogens is 210 g/mol. The van der Waals surface area contributed by atoms with Gasteiger partial charge in [0.15, 0.2) is 0 Å². The monoisotopic (exact) mass is 225 g/mol. The highest BCUT2D eigenvalue weighted by Gasteiger charge is 2.08. The van der Waals surface area contributed by atoms with Crippen LogP contribution >= 0.6 is 11.8 Å². The second-order valence-corrected chi connectivity index (χ2v) is 3.91. The number of amides is 1. The minimum Gasteiger partial charge on any atom is -0.386 e. The Morgan fingerprint density at radius 2 is 2.40 bits per heavy atom. The standard InChI is InChI=1S/C10H15N3OS/c1-11-9-7-12-4-3-8(9)10(14)13-5-6-15-2/h3-4,7,11H,5-6H2,1-2H3,(H,13,14). The number of anilines is 1. The van der Waals surface area contributed by atoms with E-state index in [-0.39, 0.29) is 5.91 Å². The number of thioether (sulfide) groups is 1. The van der Waals surface area contributed by atoms with Crippen molar-refractivity contribution >= 4 is 23.4 Å². The van der Waals surface area contributed by atoms with Crippen molar-refractivity contribution in [2.75, 3.05) is 30.9 Å². The highest BCUT2D eigenvalue weighted by Crippen LogP contribution is 2.11. The Kier molecular flexibility index (Phi) is 4.97. The van der Waals surface area contributed by atoms with Crippen molar-refractivity contribution in [3.63, 3.8) is 0 Å². The van der Waals surface area contributed by atoms with Crippen LogP contribution in [0.5, 0.6) is 0 Å². The number of hydrogen-bond donors (Lipinski definition) is 2. The van der Waals surface area contributed by atoms with Crippen molar-refractivity contribution < 1.29 is 4.79 Å². The smallest absolute Gasteiger partial charge is 0.253 e. The van der Waals surface area contributed by atoms with E-state index in [2.05, 4.69) is 15.6 Å². The lowest BCUT2D eigenvalue weighted by Crippen LogP contribution is -2.26. The summed E-state index contributed by atoms with van der Waals surface area (Å²) in [5, 5.41) is 5.79. The van der Waals surface area contributed by atoms with Crippen LogP contribution in [0.15, 0.2) is 18.5 Å². The van der Waals surface area contributed by atoms with E-state index in [0.29, 0.717) is 12.1 Å². The zero-order valence-electron chi connectivity index (χ0n) is 8.91. The third-order valence-electron chi connectivity index (χ3n) is 1.93. The molecule has 15 heavy (non-hydrogen) atoms. The van der Waals surface area contributed by atoms with E-state index in [4.69, 9.17) is 0 Å². The maximum atomic E-state index is 11.7. The molecule has 0 bridgehead atoms. The fraction of sp³-hybridized carbons (Fsp3) is 0.400. The molecule has 0 radical (unpaired) electrons. The van der Waals surface area contributed by atoms with Crippen LogP contribution in [0.4, 0.5) is 5.69 Å². The summed E-state index contributed by atoms with van der Waals surface area (Å²) in [4.78, 5) is 15.7. The average Bonchev–Trinajstić information content (AvgIpc) is 2.29. The summed E-state index contributed by atoms with van der Waals surface area (Å²) < 4.78 is 0. The van der Waals surface area contributed by atoms with Gasteiger partial charge in [0.1, 0.15) is 0 Å². The molecule has 0 saturated heterocycles. The van der Waals surface area contributed by atoms with Crippen molar-refractivity contribution in [3.05, 3.63) is 24.0 Å². The van der Waals surface area contributed by atoms with Gasteiger partial charge in [0.05, 0.1) is 17.4 Å². The number of carbonyl (C=O) groups excluding carboxylic acids is 1. The Balaban J connectivity index is 2.64. The van der Waals surface area contributed by atoms with Crippen LogP contribution in [0.2, 0.25) is 0 Å². The first-order valence-electron chi connectivity index (χ1n) is 4.68. The summed E-state index contributed by atoms with van der Waals surface area (Å²) in [6.45, 7) is 0.686. The molecule has 0 unspecified atom stereocenters. The van der Waals surface area contributed by atoms with Gasteiger partial charge in [-0.05, 0) is 12.3 Å². The van der Waals surface area contributed by atoms with Gasteiger partial charge in [-0.1, -0.05) is 0 Å². The van der Waals surface area contributed by atoms with E-state index in [9.17, 15) is 4.79 Å². The molecular formula is C10H15N3OS. The van der Waals surface area contributed by atoms with E-state index < -0.39 is 0 Å². The molecule has 0 aliphatic heterocycles. The Bertz CT molecular complexity index is 330. The van der Waals surface area contributed by atoms with Gasteiger partial charge >= 0.3 is 0 Å². The molecule has 0 spiro atoms. The van der Waals surface area contributed by atoms with Gasteiger partial charge in [-0.15, -0.1) is 0 Å². The zero-order chi connectivity index (χ0) is 11.1. The average molecular weight is 225 g/mol. The number of nitrogens with one attached hydrogen (secondary N) is 2. The number of pyridine rings is 1. The molecule has 5 heteroatoms. The summed E-state index contributed by atoms with van der Waals surface area (Å²) in [5.41, 5.74) is 1.38. The molecule has 0 fully saturated rings. The van der Waals surface area contributed by atoms with E-state index >= 15 is 0 Å². The molecule has 0 aliphatic carbocycles. The molecule has 4 nitrogen and oxygen atoms in total. The number of hydrogen-bond acceptors (Lipinski definition) is 4. The minimum absolute atomic E-state index is 0.0594. The molecule has 1 aromatic rings. The van der Waals surface area contributed by atoms with E-state index in [0.717, 1.165) is 11.4 Å². The predicted molar refractivity (Wildman–Crippen MR) is 64.5 cm³/mol. The van der Waals surface area contributed by atoms with Gasteiger partial charge in [-0.3, -0.25) is 9.78 Å². The topological polar surface area (TPSA) is 54.0 Å². The second kappa shape index (κ2) is 6.29. The molecule has 2 N–H and O–H groups in total. The summed E-state index contributed by atoms with van der Waals surface area (Å²) in [7, 11) is 1.77. The Hall–Kier alpha value is -1.23. The molecule has 1 aromatic heterocycles. The molecule has 1 rings (SSSR count). The molecule has 1 amide bonds. The maximum Gasteiger partial charge on any atom is 0.253 e. The number of carbonyl (C=O) groups is 1. The van der Waals surface area contributed by atoms with Gasteiger partial charge in [0, 0.05) is 25.5 Å². The van der Waals surface area contributed by atoms with Crippen LogP contribution in [-0.2, 0) is 0 Å². The second-order valence-electron chi connectivity index (χ2n) is 2.92.